The Balaban J connectivity index is 0.897. The maximum Gasteiger partial charge on any atom is 0.120 e. The number of nitrogens with zero attached hydrogens (tertiary/aromatic N) is 2. The van der Waals surface area contributed by atoms with Crippen LogP contribution < -0.4 is 15.1 Å². The highest BCUT2D eigenvalue weighted by Crippen LogP contribution is 2.54. The Morgan fingerprint density at radius 3 is 2.40 bits per heavy atom. The van der Waals surface area contributed by atoms with Gasteiger partial charge in [0.05, 0.1) is 12.1 Å². The van der Waals surface area contributed by atoms with Gasteiger partial charge in [0.2, 0.25) is 0 Å². The van der Waals surface area contributed by atoms with E-state index in [4.69, 9.17) is 0 Å². The fourth-order valence-corrected chi connectivity index (χ4v) is 12.4. The first-order valence-corrected chi connectivity index (χ1v) is 21.0. The van der Waals surface area contributed by atoms with Crippen LogP contribution in [-0.4, -0.2) is 18.2 Å². The highest BCUT2D eigenvalue weighted by Gasteiger charge is 2.45. The van der Waals surface area contributed by atoms with Crippen molar-refractivity contribution in [2.24, 2.45) is 5.92 Å². The molecule has 0 amide bonds. The van der Waals surface area contributed by atoms with E-state index >= 15 is 0 Å². The van der Waals surface area contributed by atoms with Crippen LogP contribution in [0.5, 0.6) is 0 Å². The number of rotatable bonds is 4. The van der Waals surface area contributed by atoms with Crippen LogP contribution >= 0.6 is 11.3 Å². The van der Waals surface area contributed by atoms with Gasteiger partial charge in [0.25, 0.3) is 0 Å². The van der Waals surface area contributed by atoms with Crippen molar-refractivity contribution in [3.63, 3.8) is 0 Å². The zero-order chi connectivity index (χ0) is 36.0. The van der Waals surface area contributed by atoms with Gasteiger partial charge in [0.15, 0.2) is 0 Å². The first-order valence-electron chi connectivity index (χ1n) is 20.2. The van der Waals surface area contributed by atoms with Crippen LogP contribution in [0.1, 0.15) is 74.6 Å². The molecule has 0 bridgehead atoms. The molecule has 4 aromatic carbocycles. The van der Waals surface area contributed by atoms with E-state index in [0.29, 0.717) is 29.7 Å². The Bertz CT molecular complexity index is 2550. The summed E-state index contributed by atoms with van der Waals surface area (Å²) in [5.41, 5.74) is 15.3. The van der Waals surface area contributed by atoms with E-state index in [1.807, 2.05) is 0 Å². The van der Waals surface area contributed by atoms with E-state index in [0.717, 1.165) is 25.7 Å². The van der Waals surface area contributed by atoms with Crippen molar-refractivity contribution in [1.82, 2.24) is 0 Å². The normalized spacial score (nSPS) is 27.5. The molecule has 55 heavy (non-hydrogen) atoms. The Kier molecular flexibility index (Phi) is 7.20. The lowest BCUT2D eigenvalue weighted by Crippen LogP contribution is -2.47. The molecule has 0 saturated heterocycles. The average Bonchev–Trinajstić information content (AvgIpc) is 3.91. The number of fused-ring (bicyclic) bond motifs is 10. The molecule has 12 rings (SSSR count). The minimum Gasteiger partial charge on any atom is -0.361 e. The second-order valence-corrected chi connectivity index (χ2v) is 17.3. The van der Waals surface area contributed by atoms with Gasteiger partial charge in [-0.2, -0.15) is 0 Å². The molecule has 4 heteroatoms. The maximum absolute atomic E-state index is 4.04. The van der Waals surface area contributed by atoms with E-state index in [1.165, 1.54) is 61.7 Å². The molecular formula is C51H43N3S. The molecule has 7 aliphatic rings. The van der Waals surface area contributed by atoms with E-state index < -0.39 is 0 Å². The summed E-state index contributed by atoms with van der Waals surface area (Å²) in [7, 11) is 0. The van der Waals surface area contributed by atoms with Crippen molar-refractivity contribution in [3.8, 4) is 0 Å². The number of aryl methyl sites for hydroxylation is 1. The lowest BCUT2D eigenvalue weighted by Gasteiger charge is -2.41. The predicted molar refractivity (Wildman–Crippen MR) is 231 cm³/mol. The third kappa shape index (κ3) is 4.87. The number of hydrogen-bond donors (Lipinski definition) is 1. The zero-order valence-electron chi connectivity index (χ0n) is 30.8. The smallest absolute Gasteiger partial charge is 0.120 e. The van der Waals surface area contributed by atoms with Crippen molar-refractivity contribution >= 4 is 51.8 Å². The molecule has 0 saturated carbocycles. The standard InChI is InChI=1S/C51H43N3S/c1-2-13-34(14-3-1)53-45-22-9-5-16-36(45)42-29-32(25-27-47(42)53)33-26-28-48-43(30-33)37-17-6-10-23-46(37)54(48)50-31-41(35-15-4-8-21-44(35)52-50)40-20-12-19-39-38-18-7-11-24-49(38)55-51(39)40/h1-10,12-19,21-23,25-29,31,33,40,42-43,47-48,50,52H,11,20,24,30H2. The quantitative estimate of drug-likeness (QED) is 0.186. The van der Waals surface area contributed by atoms with Gasteiger partial charge in [0, 0.05) is 61.7 Å². The molecule has 1 N–H and O–H groups in total. The second kappa shape index (κ2) is 12.5. The monoisotopic (exact) mass is 729 g/mol. The molecule has 1 aromatic heterocycles. The molecule has 0 fully saturated rings. The van der Waals surface area contributed by atoms with Crippen molar-refractivity contribution in [2.75, 3.05) is 15.1 Å². The topological polar surface area (TPSA) is 18.5 Å². The van der Waals surface area contributed by atoms with Gasteiger partial charge in [-0.05, 0) is 95.5 Å². The van der Waals surface area contributed by atoms with E-state index in [2.05, 4.69) is 190 Å². The van der Waals surface area contributed by atoms with E-state index in [1.54, 1.807) is 9.75 Å². The van der Waals surface area contributed by atoms with Gasteiger partial charge < -0.3 is 15.1 Å². The summed E-state index contributed by atoms with van der Waals surface area (Å²) in [5, 5.41) is 4.04. The molecule has 0 radical (unpaired) electrons. The molecular weight excluding hydrogens is 687 g/mol. The lowest BCUT2D eigenvalue weighted by atomic mass is 9.75. The SMILES string of the molecule is C1=Cc2c(sc3c2C=CCC3C2=CC(N3c4ccccc4C4CC(C5=CC6c7ccccc7N(c7ccccc7)C6C=C5)C=CC43)Nc3ccccc32)CC1. The number of hydrogen-bond acceptors (Lipinski definition) is 4. The van der Waals surface area contributed by atoms with Crippen molar-refractivity contribution in [2.45, 2.75) is 61.7 Å². The molecule has 7 atom stereocenters. The van der Waals surface area contributed by atoms with E-state index in [9.17, 15) is 0 Å². The summed E-state index contributed by atoms with van der Waals surface area (Å²) in [4.78, 5) is 8.35. The lowest BCUT2D eigenvalue weighted by molar-refractivity contribution is 0.482. The summed E-state index contributed by atoms with van der Waals surface area (Å²) in [6.45, 7) is 0. The summed E-state index contributed by atoms with van der Waals surface area (Å²) >= 11 is 2.07. The number of allylic oxidation sites excluding steroid dienone is 6. The molecule has 4 heterocycles. The third-order valence-electron chi connectivity index (χ3n) is 13.4. The third-order valence-corrected chi connectivity index (χ3v) is 14.8. The number of thiophene rings is 1. The molecule has 3 nitrogen and oxygen atoms in total. The molecule has 0 spiro atoms. The zero-order valence-corrected chi connectivity index (χ0v) is 31.6. The number of benzene rings is 4. The van der Waals surface area contributed by atoms with Gasteiger partial charge >= 0.3 is 0 Å². The Morgan fingerprint density at radius 1 is 0.673 bits per heavy atom. The van der Waals surface area contributed by atoms with Crippen LogP contribution in [0, 0.1) is 5.92 Å². The average molecular weight is 730 g/mol. The van der Waals surface area contributed by atoms with Gasteiger partial charge in [-0.15, -0.1) is 11.3 Å². The summed E-state index contributed by atoms with van der Waals surface area (Å²) in [6.07, 6.45) is 29.3. The van der Waals surface area contributed by atoms with Crippen LogP contribution in [-0.2, 0) is 6.42 Å². The first kappa shape index (κ1) is 31.7. The summed E-state index contributed by atoms with van der Waals surface area (Å²) < 4.78 is 0. The van der Waals surface area contributed by atoms with Gasteiger partial charge in [0.1, 0.15) is 6.17 Å². The fourth-order valence-electron chi connectivity index (χ4n) is 11.0. The minimum absolute atomic E-state index is 0.0552. The second-order valence-electron chi connectivity index (χ2n) is 16.2. The predicted octanol–water partition coefficient (Wildman–Crippen LogP) is 12.4. The van der Waals surface area contributed by atoms with Crippen LogP contribution in [0.3, 0.4) is 0 Å². The van der Waals surface area contributed by atoms with Crippen molar-refractivity contribution in [3.05, 3.63) is 195 Å². The van der Waals surface area contributed by atoms with Crippen LogP contribution in [0.25, 0.3) is 17.7 Å². The first-order chi connectivity index (χ1) is 27.3. The van der Waals surface area contributed by atoms with Gasteiger partial charge in [-0.25, -0.2) is 0 Å². The largest absolute Gasteiger partial charge is 0.361 e. The Hall–Kier alpha value is -5.58. The number of anilines is 4. The minimum atomic E-state index is 0.0552. The molecule has 268 valence electrons. The number of nitrogens with one attached hydrogen (secondary N) is 1. The maximum atomic E-state index is 4.04. The van der Waals surface area contributed by atoms with Crippen molar-refractivity contribution in [1.29, 1.82) is 0 Å². The molecule has 3 aliphatic heterocycles. The number of para-hydroxylation sites is 4. The van der Waals surface area contributed by atoms with Crippen molar-refractivity contribution < 1.29 is 0 Å². The summed E-state index contributed by atoms with van der Waals surface area (Å²) in [5.74, 6) is 1.50. The highest BCUT2D eigenvalue weighted by atomic mass is 32.1. The molecule has 7 unspecified atom stereocenters. The molecule has 4 aliphatic carbocycles. The Labute approximate surface area is 328 Å². The Morgan fingerprint density at radius 2 is 1.47 bits per heavy atom. The molecule has 5 aromatic rings. The fraction of sp³-hybridized carbons (Fsp3) is 0.216. The van der Waals surface area contributed by atoms with Crippen LogP contribution in [0.4, 0.5) is 22.7 Å². The summed E-state index contributed by atoms with van der Waals surface area (Å²) in [6, 6.07) is 38.8. The highest BCUT2D eigenvalue weighted by molar-refractivity contribution is 7.12. The van der Waals surface area contributed by atoms with Crippen LogP contribution in [0.15, 0.2) is 157 Å². The van der Waals surface area contributed by atoms with Gasteiger partial charge in [-0.3, -0.25) is 0 Å². The van der Waals surface area contributed by atoms with Crippen LogP contribution in [0.2, 0.25) is 0 Å². The van der Waals surface area contributed by atoms with E-state index in [-0.39, 0.29) is 12.2 Å². The van der Waals surface area contributed by atoms with Gasteiger partial charge in [-0.1, -0.05) is 127 Å².